The lowest BCUT2D eigenvalue weighted by Crippen LogP contribution is -2.38. The first-order chi connectivity index (χ1) is 16.5. The second kappa shape index (κ2) is 9.38. The van der Waals surface area contributed by atoms with Crippen LogP contribution in [0.25, 0.3) is 0 Å². The Morgan fingerprint density at radius 1 is 1.24 bits per heavy atom. The number of hydrogen-bond acceptors (Lipinski definition) is 8. The molecule has 0 bridgehead atoms. The molecule has 176 valence electrons. The largest absolute Gasteiger partial charge is 0.364 e. The summed E-state index contributed by atoms with van der Waals surface area (Å²) in [5.41, 5.74) is 8.96. The molecule has 2 aliphatic rings. The number of nitrogens with zero attached hydrogens (tertiary/aromatic N) is 5. The molecular formula is C24H27N7O2S. The minimum Gasteiger partial charge on any atom is -0.364 e. The zero-order valence-corrected chi connectivity index (χ0v) is 19.8. The molecule has 2 amide bonds. The quantitative estimate of drug-likeness (QED) is 0.560. The molecule has 3 aromatic rings. The summed E-state index contributed by atoms with van der Waals surface area (Å²) >= 11 is 1.28. The number of benzene rings is 1. The molecular weight excluding hydrogens is 450 g/mol. The van der Waals surface area contributed by atoms with Gasteiger partial charge >= 0.3 is 0 Å². The molecule has 4 heterocycles. The molecule has 9 nitrogen and oxygen atoms in total. The fraction of sp³-hybridized carbons (Fsp3) is 0.375. The standard InChI is InChI=1S/C24H27N7O2S/c1-15-9-20(34-29-15)28-24-22(23(25)33)26-11-19(27-24)30-8-4-5-16(12-30)10-21(32)31-13-17-6-2-3-7-18(17)14-31/h2-3,6-7,9,11,16H,4-5,8,10,12-14H2,1H3,(H2,25,33)(H,27,28)/t16-/m0/s1. The van der Waals surface area contributed by atoms with Crippen LogP contribution in [0.2, 0.25) is 0 Å². The Morgan fingerprint density at radius 3 is 2.68 bits per heavy atom. The Morgan fingerprint density at radius 2 is 2.00 bits per heavy atom. The number of aryl methyl sites for hydroxylation is 1. The minimum atomic E-state index is -0.642. The van der Waals surface area contributed by atoms with Gasteiger partial charge in [0.1, 0.15) is 10.8 Å². The number of nitrogens with two attached hydrogens (primary N) is 1. The molecule has 2 aromatic heterocycles. The van der Waals surface area contributed by atoms with E-state index < -0.39 is 5.91 Å². The Kier molecular flexibility index (Phi) is 6.14. The van der Waals surface area contributed by atoms with E-state index in [4.69, 9.17) is 5.73 Å². The molecule has 3 N–H and O–H groups in total. The zero-order chi connectivity index (χ0) is 23.7. The molecule has 1 atom stereocenters. The van der Waals surface area contributed by atoms with Crippen molar-refractivity contribution in [3.63, 3.8) is 0 Å². The second-order valence-corrected chi connectivity index (χ2v) is 9.73. The normalized spacial score (nSPS) is 17.5. The topological polar surface area (TPSA) is 117 Å². The van der Waals surface area contributed by atoms with E-state index in [0.717, 1.165) is 36.6 Å². The summed E-state index contributed by atoms with van der Waals surface area (Å²) in [6.07, 6.45) is 4.07. The third kappa shape index (κ3) is 4.72. The van der Waals surface area contributed by atoms with E-state index in [9.17, 15) is 9.59 Å². The van der Waals surface area contributed by atoms with Crippen LogP contribution in [0.1, 0.15) is 46.6 Å². The summed E-state index contributed by atoms with van der Waals surface area (Å²) in [6.45, 7) is 4.82. The number of primary amides is 1. The van der Waals surface area contributed by atoms with Crippen molar-refractivity contribution in [2.75, 3.05) is 23.3 Å². The number of piperidine rings is 1. The van der Waals surface area contributed by atoms with Gasteiger partial charge in [-0.05, 0) is 54.4 Å². The summed E-state index contributed by atoms with van der Waals surface area (Å²) in [4.78, 5) is 38.0. The van der Waals surface area contributed by atoms with Crippen molar-refractivity contribution in [3.05, 3.63) is 59.0 Å². The molecule has 0 saturated carbocycles. The van der Waals surface area contributed by atoms with E-state index in [2.05, 4.69) is 36.7 Å². The van der Waals surface area contributed by atoms with Gasteiger partial charge in [-0.15, -0.1) is 0 Å². The van der Waals surface area contributed by atoms with Crippen LogP contribution in [0, 0.1) is 12.8 Å². The number of hydrogen-bond donors (Lipinski definition) is 2. The molecule has 1 aromatic carbocycles. The molecule has 0 spiro atoms. The third-order valence-electron chi connectivity index (χ3n) is 6.36. The van der Waals surface area contributed by atoms with Crippen LogP contribution in [-0.2, 0) is 17.9 Å². The van der Waals surface area contributed by atoms with Gasteiger partial charge in [0.25, 0.3) is 5.91 Å². The highest BCUT2D eigenvalue weighted by Gasteiger charge is 2.28. The van der Waals surface area contributed by atoms with Crippen molar-refractivity contribution in [1.29, 1.82) is 0 Å². The molecule has 34 heavy (non-hydrogen) atoms. The van der Waals surface area contributed by atoms with Crippen LogP contribution in [0.4, 0.5) is 16.6 Å². The fourth-order valence-electron chi connectivity index (χ4n) is 4.66. The number of carbonyl (C=O) groups is 2. The molecule has 1 fully saturated rings. The first-order valence-corrected chi connectivity index (χ1v) is 12.2. The average Bonchev–Trinajstić information content (AvgIpc) is 3.45. The number of rotatable bonds is 6. The van der Waals surface area contributed by atoms with Crippen LogP contribution < -0.4 is 16.0 Å². The van der Waals surface area contributed by atoms with Crippen molar-refractivity contribution in [3.8, 4) is 0 Å². The van der Waals surface area contributed by atoms with Gasteiger partial charge in [0.15, 0.2) is 11.5 Å². The number of carbonyl (C=O) groups excluding carboxylic acids is 2. The minimum absolute atomic E-state index is 0.0899. The van der Waals surface area contributed by atoms with Crippen molar-refractivity contribution in [1.82, 2.24) is 19.2 Å². The Bertz CT molecular complexity index is 1200. The SMILES string of the molecule is Cc1cc(Nc2nc(N3CCC[C@@H](CC(=O)N4Cc5ccccc5C4)C3)cnc2C(N)=O)sn1. The van der Waals surface area contributed by atoms with Gasteiger partial charge in [-0.25, -0.2) is 9.97 Å². The fourth-order valence-corrected chi connectivity index (χ4v) is 5.32. The van der Waals surface area contributed by atoms with Crippen molar-refractivity contribution in [2.45, 2.75) is 39.3 Å². The van der Waals surface area contributed by atoms with Gasteiger partial charge in [-0.2, -0.15) is 4.37 Å². The van der Waals surface area contributed by atoms with Crippen LogP contribution >= 0.6 is 11.5 Å². The Hall–Kier alpha value is -3.53. The lowest BCUT2D eigenvalue weighted by atomic mass is 9.94. The van der Waals surface area contributed by atoms with Gasteiger partial charge < -0.3 is 20.9 Å². The van der Waals surface area contributed by atoms with Crippen LogP contribution in [-0.4, -0.2) is 44.1 Å². The second-order valence-electron chi connectivity index (χ2n) is 8.92. The van der Waals surface area contributed by atoms with Gasteiger partial charge in [-0.1, -0.05) is 24.3 Å². The first-order valence-electron chi connectivity index (χ1n) is 11.4. The lowest BCUT2D eigenvalue weighted by Gasteiger charge is -2.34. The average molecular weight is 478 g/mol. The summed E-state index contributed by atoms with van der Waals surface area (Å²) in [5.74, 6) is 0.780. The number of anilines is 3. The molecule has 0 radical (unpaired) electrons. The van der Waals surface area contributed by atoms with Crippen LogP contribution in [0.3, 0.4) is 0 Å². The Balaban J connectivity index is 1.27. The number of amides is 2. The third-order valence-corrected chi connectivity index (χ3v) is 7.16. The van der Waals surface area contributed by atoms with E-state index in [1.54, 1.807) is 6.20 Å². The maximum absolute atomic E-state index is 13.0. The summed E-state index contributed by atoms with van der Waals surface area (Å²) in [5, 5.41) is 3.90. The Labute approximate surface area is 202 Å². The zero-order valence-electron chi connectivity index (χ0n) is 19.0. The maximum Gasteiger partial charge on any atom is 0.271 e. The molecule has 0 aliphatic carbocycles. The first kappa shape index (κ1) is 22.3. The van der Waals surface area contributed by atoms with E-state index >= 15 is 0 Å². The van der Waals surface area contributed by atoms with Gasteiger partial charge in [0.2, 0.25) is 5.91 Å². The van der Waals surface area contributed by atoms with Gasteiger partial charge in [-0.3, -0.25) is 9.59 Å². The van der Waals surface area contributed by atoms with E-state index in [1.165, 1.54) is 22.7 Å². The summed E-state index contributed by atoms with van der Waals surface area (Å²) in [6, 6.07) is 10.1. The van der Waals surface area contributed by atoms with Crippen LogP contribution in [0.15, 0.2) is 36.5 Å². The van der Waals surface area contributed by atoms with Crippen LogP contribution in [0.5, 0.6) is 0 Å². The molecule has 2 aliphatic heterocycles. The number of nitrogens with one attached hydrogen (secondary N) is 1. The predicted molar refractivity (Wildman–Crippen MR) is 131 cm³/mol. The summed E-state index contributed by atoms with van der Waals surface area (Å²) in [7, 11) is 0. The highest BCUT2D eigenvalue weighted by atomic mass is 32.1. The van der Waals surface area contributed by atoms with E-state index in [-0.39, 0.29) is 17.5 Å². The molecule has 0 unspecified atom stereocenters. The highest BCUT2D eigenvalue weighted by Crippen LogP contribution is 2.29. The van der Waals surface area contributed by atoms with E-state index in [1.807, 2.05) is 30.0 Å². The van der Waals surface area contributed by atoms with Crippen molar-refractivity contribution in [2.24, 2.45) is 11.7 Å². The smallest absolute Gasteiger partial charge is 0.271 e. The number of aromatic nitrogens is 3. The number of fused-ring (bicyclic) bond motifs is 1. The maximum atomic E-state index is 13.0. The monoisotopic (exact) mass is 477 g/mol. The molecule has 1 saturated heterocycles. The van der Waals surface area contributed by atoms with Crippen molar-refractivity contribution < 1.29 is 9.59 Å². The summed E-state index contributed by atoms with van der Waals surface area (Å²) < 4.78 is 4.25. The van der Waals surface area contributed by atoms with Gasteiger partial charge in [0.05, 0.1) is 11.9 Å². The van der Waals surface area contributed by atoms with E-state index in [0.29, 0.717) is 31.1 Å². The molecule has 5 rings (SSSR count). The molecule has 10 heteroatoms. The van der Waals surface area contributed by atoms with Gasteiger partial charge in [0, 0.05) is 32.6 Å². The highest BCUT2D eigenvalue weighted by molar-refractivity contribution is 7.10. The van der Waals surface area contributed by atoms with Crippen molar-refractivity contribution >= 4 is 40.0 Å². The predicted octanol–water partition coefficient (Wildman–Crippen LogP) is 3.23. The lowest BCUT2D eigenvalue weighted by molar-refractivity contribution is -0.132.